The Morgan fingerprint density at radius 2 is 2.14 bits per heavy atom. The van der Waals surface area contributed by atoms with Crippen molar-refractivity contribution >= 4 is 15.7 Å². The molecular weight excluding hydrogens is 298 g/mol. The van der Waals surface area contributed by atoms with E-state index in [2.05, 4.69) is 4.98 Å². The Balaban J connectivity index is 2.16. The summed E-state index contributed by atoms with van der Waals surface area (Å²) in [4.78, 5) is 14.2. The Labute approximate surface area is 121 Å². The summed E-state index contributed by atoms with van der Waals surface area (Å²) in [6.07, 6.45) is 2.25. The molecule has 1 aromatic carbocycles. The van der Waals surface area contributed by atoms with Crippen LogP contribution in [0.1, 0.15) is 5.82 Å². The van der Waals surface area contributed by atoms with Crippen molar-refractivity contribution in [1.29, 1.82) is 0 Å². The van der Waals surface area contributed by atoms with E-state index in [-0.39, 0.29) is 17.3 Å². The van der Waals surface area contributed by atoms with Crippen LogP contribution >= 0.6 is 0 Å². The Kier molecular flexibility index (Phi) is 3.94. The molecule has 0 spiro atoms. The van der Waals surface area contributed by atoms with Gasteiger partial charge in [-0.25, -0.2) is 18.0 Å². The van der Waals surface area contributed by atoms with Crippen LogP contribution in [0.3, 0.4) is 0 Å². The van der Waals surface area contributed by atoms with Crippen molar-refractivity contribution in [3.05, 3.63) is 46.4 Å². The minimum Gasteiger partial charge on any atom is -0.483 e. The van der Waals surface area contributed by atoms with Gasteiger partial charge in [-0.2, -0.15) is 0 Å². The first-order chi connectivity index (χ1) is 9.79. The molecule has 0 saturated heterocycles. The van der Waals surface area contributed by atoms with Gasteiger partial charge in [-0.15, -0.1) is 0 Å². The summed E-state index contributed by atoms with van der Waals surface area (Å²) in [6.45, 7) is -0.00243. The molecule has 1 aromatic heterocycles. The third-order valence-corrected chi connectivity index (χ3v) is 3.96. The highest BCUT2D eigenvalue weighted by molar-refractivity contribution is 7.90. The monoisotopic (exact) mass is 311 g/mol. The number of ether oxygens (including phenoxy) is 1. The molecule has 0 unspecified atom stereocenters. The van der Waals surface area contributed by atoms with Gasteiger partial charge in [0.05, 0.1) is 11.9 Å². The topological polar surface area (TPSA) is 104 Å². The summed E-state index contributed by atoms with van der Waals surface area (Å²) in [5.74, 6) is 0.577. The molecule has 0 fully saturated rings. The van der Waals surface area contributed by atoms with Crippen LogP contribution in [0.25, 0.3) is 0 Å². The normalized spacial score (nSPS) is 11.3. The van der Waals surface area contributed by atoms with Gasteiger partial charge < -0.3 is 14.9 Å². The van der Waals surface area contributed by atoms with E-state index < -0.39 is 14.8 Å². The van der Waals surface area contributed by atoms with Crippen molar-refractivity contribution in [1.82, 2.24) is 9.55 Å². The van der Waals surface area contributed by atoms with Crippen LogP contribution in [0, 0.1) is 10.1 Å². The van der Waals surface area contributed by atoms with Crippen LogP contribution in [-0.2, 0) is 23.5 Å². The molecule has 0 aliphatic carbocycles. The molecule has 0 amide bonds. The number of imidazole rings is 1. The SMILES string of the molecule is Cn1c([N+](=O)[O-])cnc1COc1cccc(S(C)(=O)=O)c1. The number of hydrogen-bond donors (Lipinski definition) is 0. The van der Waals surface area contributed by atoms with Crippen molar-refractivity contribution in [2.45, 2.75) is 11.5 Å². The largest absolute Gasteiger partial charge is 0.483 e. The molecule has 2 aromatic rings. The molecule has 0 saturated carbocycles. The number of nitrogens with zero attached hydrogens (tertiary/aromatic N) is 3. The summed E-state index contributed by atoms with van der Waals surface area (Å²) in [5.41, 5.74) is 0. The van der Waals surface area contributed by atoms with E-state index in [0.717, 1.165) is 12.5 Å². The van der Waals surface area contributed by atoms with Crippen molar-refractivity contribution in [2.24, 2.45) is 7.05 Å². The summed E-state index contributed by atoms with van der Waals surface area (Å²) in [5, 5.41) is 10.7. The van der Waals surface area contributed by atoms with E-state index in [4.69, 9.17) is 4.74 Å². The molecule has 0 radical (unpaired) electrons. The minimum absolute atomic E-state index is 0.00243. The van der Waals surface area contributed by atoms with Crippen LogP contribution in [0.15, 0.2) is 35.4 Å². The summed E-state index contributed by atoms with van der Waals surface area (Å²) in [7, 11) is -1.80. The maximum Gasteiger partial charge on any atom is 0.342 e. The molecule has 1 heterocycles. The summed E-state index contributed by atoms with van der Waals surface area (Å²) < 4.78 is 29.6. The lowest BCUT2D eigenvalue weighted by molar-refractivity contribution is -0.391. The first kappa shape index (κ1) is 15.0. The van der Waals surface area contributed by atoms with Gasteiger partial charge in [-0.05, 0) is 23.1 Å². The van der Waals surface area contributed by atoms with E-state index in [0.29, 0.717) is 11.6 Å². The third kappa shape index (κ3) is 3.37. The molecule has 0 atom stereocenters. The van der Waals surface area contributed by atoms with Crippen LogP contribution in [-0.4, -0.2) is 29.1 Å². The molecule has 0 aliphatic heterocycles. The molecule has 0 bridgehead atoms. The number of hydrogen-bond acceptors (Lipinski definition) is 6. The van der Waals surface area contributed by atoms with Crippen LogP contribution < -0.4 is 4.74 Å². The number of aromatic nitrogens is 2. The maximum atomic E-state index is 11.4. The van der Waals surface area contributed by atoms with Gasteiger partial charge in [-0.3, -0.25) is 0 Å². The van der Waals surface area contributed by atoms with E-state index >= 15 is 0 Å². The van der Waals surface area contributed by atoms with E-state index in [1.165, 1.54) is 23.7 Å². The molecule has 9 heteroatoms. The standard InChI is InChI=1S/C12H13N3O5S/c1-14-11(13-7-12(14)15(16)17)8-20-9-4-3-5-10(6-9)21(2,18)19/h3-7H,8H2,1-2H3. The summed E-state index contributed by atoms with van der Waals surface area (Å²) in [6, 6.07) is 6.03. The van der Waals surface area contributed by atoms with Gasteiger partial charge in [0.15, 0.2) is 16.4 Å². The number of sulfone groups is 1. The van der Waals surface area contributed by atoms with E-state index in [1.54, 1.807) is 12.1 Å². The zero-order chi connectivity index (χ0) is 15.6. The highest BCUT2D eigenvalue weighted by atomic mass is 32.2. The zero-order valence-electron chi connectivity index (χ0n) is 11.4. The Morgan fingerprint density at radius 3 is 2.71 bits per heavy atom. The fourth-order valence-corrected chi connectivity index (χ4v) is 2.34. The average Bonchev–Trinajstić information content (AvgIpc) is 2.77. The highest BCUT2D eigenvalue weighted by Gasteiger charge is 2.17. The molecule has 21 heavy (non-hydrogen) atoms. The fourth-order valence-electron chi connectivity index (χ4n) is 1.68. The second-order valence-electron chi connectivity index (χ2n) is 4.38. The second-order valence-corrected chi connectivity index (χ2v) is 6.40. The lowest BCUT2D eigenvalue weighted by Gasteiger charge is -2.06. The van der Waals surface area contributed by atoms with Crippen LogP contribution in [0.4, 0.5) is 5.82 Å². The number of benzene rings is 1. The van der Waals surface area contributed by atoms with Crippen molar-refractivity contribution in [3.63, 3.8) is 0 Å². The van der Waals surface area contributed by atoms with E-state index in [9.17, 15) is 18.5 Å². The predicted octanol–water partition coefficient (Wildman–Crippen LogP) is 1.31. The lowest BCUT2D eigenvalue weighted by Crippen LogP contribution is -2.06. The van der Waals surface area contributed by atoms with Gasteiger partial charge in [0.1, 0.15) is 11.9 Å². The first-order valence-corrected chi connectivity index (χ1v) is 7.76. The molecule has 2 rings (SSSR count). The Hall–Kier alpha value is -2.42. The van der Waals surface area contributed by atoms with Gasteiger partial charge in [-0.1, -0.05) is 6.07 Å². The van der Waals surface area contributed by atoms with Crippen molar-refractivity contribution in [2.75, 3.05) is 6.26 Å². The highest BCUT2D eigenvalue weighted by Crippen LogP contribution is 2.19. The molecule has 0 N–H and O–H groups in total. The van der Waals surface area contributed by atoms with Gasteiger partial charge >= 0.3 is 5.82 Å². The molecular formula is C12H13N3O5S. The molecule has 0 aliphatic rings. The third-order valence-electron chi connectivity index (χ3n) is 2.85. The van der Waals surface area contributed by atoms with Crippen molar-refractivity contribution < 1.29 is 18.1 Å². The number of rotatable bonds is 5. The molecule has 8 nitrogen and oxygen atoms in total. The van der Waals surface area contributed by atoms with Crippen LogP contribution in [0.5, 0.6) is 5.75 Å². The van der Waals surface area contributed by atoms with Gasteiger partial charge in [0.25, 0.3) is 0 Å². The maximum absolute atomic E-state index is 11.4. The summed E-state index contributed by atoms with van der Waals surface area (Å²) >= 11 is 0. The lowest BCUT2D eigenvalue weighted by atomic mass is 10.3. The van der Waals surface area contributed by atoms with Gasteiger partial charge in [0, 0.05) is 6.26 Å². The predicted molar refractivity (Wildman–Crippen MR) is 73.7 cm³/mol. The Morgan fingerprint density at radius 1 is 1.43 bits per heavy atom. The zero-order valence-corrected chi connectivity index (χ0v) is 12.2. The Bertz CT molecular complexity index is 782. The van der Waals surface area contributed by atoms with Gasteiger partial charge in [0.2, 0.25) is 5.82 Å². The smallest absolute Gasteiger partial charge is 0.342 e. The fraction of sp³-hybridized carbons (Fsp3) is 0.250. The van der Waals surface area contributed by atoms with Crippen LogP contribution in [0.2, 0.25) is 0 Å². The minimum atomic E-state index is -3.31. The quantitative estimate of drug-likeness (QED) is 0.609. The first-order valence-electron chi connectivity index (χ1n) is 5.87. The van der Waals surface area contributed by atoms with Crippen molar-refractivity contribution in [3.8, 4) is 5.75 Å². The molecule has 112 valence electrons. The van der Waals surface area contributed by atoms with E-state index in [1.807, 2.05) is 0 Å². The second kappa shape index (κ2) is 5.52. The average molecular weight is 311 g/mol. The number of nitro groups is 1.